The van der Waals surface area contributed by atoms with Crippen LogP contribution in [-0.4, -0.2) is 64.6 Å². The zero-order valence-corrected chi connectivity index (χ0v) is 15.3. The van der Waals surface area contributed by atoms with Crippen molar-refractivity contribution in [2.45, 2.75) is 31.2 Å². The lowest BCUT2D eigenvalue weighted by Gasteiger charge is -2.32. The van der Waals surface area contributed by atoms with Crippen LogP contribution in [0.5, 0.6) is 0 Å². The zero-order valence-electron chi connectivity index (χ0n) is 14.4. The van der Waals surface area contributed by atoms with E-state index in [1.165, 1.54) is 18.1 Å². The molecule has 0 aliphatic carbocycles. The minimum atomic E-state index is -0.508. The molecule has 8 nitrogen and oxygen atoms in total. The first-order chi connectivity index (χ1) is 12.0. The van der Waals surface area contributed by atoms with E-state index in [9.17, 15) is 9.59 Å². The maximum atomic E-state index is 12.3. The van der Waals surface area contributed by atoms with Gasteiger partial charge in [-0.1, -0.05) is 0 Å². The van der Waals surface area contributed by atoms with E-state index in [0.29, 0.717) is 25.5 Å². The summed E-state index contributed by atoms with van der Waals surface area (Å²) < 4.78 is 4.85. The Kier molecular flexibility index (Phi) is 5.43. The van der Waals surface area contributed by atoms with Crippen LogP contribution in [0.15, 0.2) is 12.4 Å². The minimum Gasteiger partial charge on any atom is -0.378 e. The van der Waals surface area contributed by atoms with Crippen molar-refractivity contribution in [1.82, 2.24) is 20.6 Å². The van der Waals surface area contributed by atoms with Crippen molar-refractivity contribution < 1.29 is 14.3 Å². The number of amides is 2. The molecule has 2 fully saturated rings. The summed E-state index contributed by atoms with van der Waals surface area (Å²) in [6.45, 7) is 6.98. The van der Waals surface area contributed by atoms with Crippen molar-refractivity contribution in [3.05, 3.63) is 18.1 Å². The summed E-state index contributed by atoms with van der Waals surface area (Å²) >= 11 is 1.49. The van der Waals surface area contributed by atoms with E-state index in [4.69, 9.17) is 4.74 Å². The molecule has 2 N–H and O–H groups in total. The number of anilines is 1. The van der Waals surface area contributed by atoms with Gasteiger partial charge in [-0.2, -0.15) is 0 Å². The van der Waals surface area contributed by atoms with Gasteiger partial charge in [0.15, 0.2) is 0 Å². The van der Waals surface area contributed by atoms with E-state index in [1.807, 2.05) is 19.9 Å². The molecule has 2 saturated heterocycles. The molecule has 2 amide bonds. The van der Waals surface area contributed by atoms with E-state index >= 15 is 0 Å². The molecule has 0 aromatic carbocycles. The maximum Gasteiger partial charge on any atom is 0.243 e. The van der Waals surface area contributed by atoms with Crippen molar-refractivity contribution in [3.63, 3.8) is 0 Å². The number of nitrogens with one attached hydrogen (secondary N) is 2. The second-order valence-electron chi connectivity index (χ2n) is 6.53. The Labute approximate surface area is 151 Å². The second-order valence-corrected chi connectivity index (χ2v) is 8.17. The molecule has 0 unspecified atom stereocenters. The van der Waals surface area contributed by atoms with E-state index in [2.05, 4.69) is 25.5 Å². The number of hydrogen-bond acceptors (Lipinski definition) is 7. The second kappa shape index (κ2) is 7.57. The molecule has 2 aliphatic rings. The average Bonchev–Trinajstić information content (AvgIpc) is 2.63. The molecular weight excluding hydrogens is 342 g/mol. The topological polar surface area (TPSA) is 96.5 Å². The number of hydrogen-bond donors (Lipinski definition) is 2. The quantitative estimate of drug-likeness (QED) is 0.772. The Hall–Kier alpha value is -1.87. The van der Waals surface area contributed by atoms with Gasteiger partial charge >= 0.3 is 0 Å². The standard InChI is InChI=1S/C16H23N5O3S/c1-16(2)15(23)20-12(9-25-16)14(22)17-8-11-7-13(19-10-18-11)21-3-5-24-6-4-21/h7,10,12H,3-6,8-9H2,1-2H3,(H,17,22)(H,20,23)/t12-/m1/s1. The Morgan fingerprint density at radius 1 is 1.44 bits per heavy atom. The fourth-order valence-electron chi connectivity index (χ4n) is 2.62. The molecule has 0 radical (unpaired) electrons. The molecule has 0 bridgehead atoms. The Bertz CT molecular complexity index is 648. The number of morpholine rings is 1. The number of ether oxygens (including phenoxy) is 1. The van der Waals surface area contributed by atoms with Crippen LogP contribution in [0.2, 0.25) is 0 Å². The molecule has 1 aromatic heterocycles. The maximum absolute atomic E-state index is 12.3. The van der Waals surface area contributed by atoms with Crippen LogP contribution in [0.1, 0.15) is 19.5 Å². The lowest BCUT2D eigenvalue weighted by Crippen LogP contribution is -2.57. The number of thioether (sulfide) groups is 1. The molecule has 1 atom stereocenters. The van der Waals surface area contributed by atoms with Crippen LogP contribution in [0, 0.1) is 0 Å². The molecule has 25 heavy (non-hydrogen) atoms. The van der Waals surface area contributed by atoms with Crippen LogP contribution in [0.3, 0.4) is 0 Å². The first-order valence-corrected chi connectivity index (χ1v) is 9.30. The molecule has 0 saturated carbocycles. The zero-order chi connectivity index (χ0) is 17.9. The summed E-state index contributed by atoms with van der Waals surface area (Å²) in [7, 11) is 0. The highest BCUT2D eigenvalue weighted by Gasteiger charge is 2.37. The smallest absolute Gasteiger partial charge is 0.243 e. The summed E-state index contributed by atoms with van der Waals surface area (Å²) in [4.78, 5) is 34.9. The lowest BCUT2D eigenvalue weighted by molar-refractivity contribution is -0.129. The van der Waals surface area contributed by atoms with Gasteiger partial charge in [-0.3, -0.25) is 9.59 Å². The van der Waals surface area contributed by atoms with Crippen molar-refractivity contribution in [2.24, 2.45) is 0 Å². The van der Waals surface area contributed by atoms with Gasteiger partial charge in [0.25, 0.3) is 0 Å². The molecule has 3 rings (SSSR count). The van der Waals surface area contributed by atoms with Gasteiger partial charge in [0.05, 0.1) is 30.2 Å². The largest absolute Gasteiger partial charge is 0.378 e. The van der Waals surface area contributed by atoms with Crippen molar-refractivity contribution in [3.8, 4) is 0 Å². The highest BCUT2D eigenvalue weighted by molar-refractivity contribution is 8.01. The van der Waals surface area contributed by atoms with Crippen LogP contribution in [0.25, 0.3) is 0 Å². The van der Waals surface area contributed by atoms with Gasteiger partial charge < -0.3 is 20.3 Å². The van der Waals surface area contributed by atoms with Crippen molar-refractivity contribution in [2.75, 3.05) is 37.0 Å². The van der Waals surface area contributed by atoms with Gasteiger partial charge in [0.1, 0.15) is 18.2 Å². The SMILES string of the molecule is CC1(C)SC[C@H](C(=O)NCc2cc(N3CCOCC3)ncn2)NC1=O. The Morgan fingerprint density at radius 3 is 2.92 bits per heavy atom. The number of nitrogens with zero attached hydrogens (tertiary/aromatic N) is 3. The number of carbonyl (C=O) groups excluding carboxylic acids is 2. The molecule has 2 aliphatic heterocycles. The third-order valence-corrected chi connectivity index (χ3v) is 5.67. The van der Waals surface area contributed by atoms with Crippen molar-refractivity contribution in [1.29, 1.82) is 0 Å². The van der Waals surface area contributed by atoms with E-state index in [0.717, 1.165) is 24.6 Å². The third-order valence-electron chi connectivity index (χ3n) is 4.27. The number of carbonyl (C=O) groups is 2. The van der Waals surface area contributed by atoms with E-state index < -0.39 is 10.8 Å². The van der Waals surface area contributed by atoms with Gasteiger partial charge in [-0.15, -0.1) is 11.8 Å². The molecule has 136 valence electrons. The summed E-state index contributed by atoms with van der Waals surface area (Å²) in [5.74, 6) is 1.10. The summed E-state index contributed by atoms with van der Waals surface area (Å²) in [6.07, 6.45) is 1.51. The lowest BCUT2D eigenvalue weighted by atomic mass is 10.1. The monoisotopic (exact) mass is 365 g/mol. The highest BCUT2D eigenvalue weighted by Crippen LogP contribution is 2.29. The molecule has 9 heteroatoms. The number of rotatable bonds is 4. The first kappa shape index (κ1) is 17.9. The van der Waals surface area contributed by atoms with Gasteiger partial charge in [-0.05, 0) is 13.8 Å². The first-order valence-electron chi connectivity index (χ1n) is 8.32. The van der Waals surface area contributed by atoms with Crippen LogP contribution in [0.4, 0.5) is 5.82 Å². The fourth-order valence-corrected chi connectivity index (χ4v) is 3.63. The van der Waals surface area contributed by atoms with Crippen LogP contribution < -0.4 is 15.5 Å². The normalized spacial score (nSPS) is 23.0. The van der Waals surface area contributed by atoms with E-state index in [-0.39, 0.29) is 11.8 Å². The number of aromatic nitrogens is 2. The van der Waals surface area contributed by atoms with E-state index in [1.54, 1.807) is 0 Å². The van der Waals surface area contributed by atoms with Gasteiger partial charge in [0, 0.05) is 24.9 Å². The third kappa shape index (κ3) is 4.40. The molecule has 0 spiro atoms. The van der Waals surface area contributed by atoms with Gasteiger partial charge in [-0.25, -0.2) is 9.97 Å². The minimum absolute atomic E-state index is 0.111. The Balaban J connectivity index is 1.55. The summed E-state index contributed by atoms with van der Waals surface area (Å²) in [5, 5.41) is 5.63. The summed E-state index contributed by atoms with van der Waals surface area (Å²) in [5.41, 5.74) is 0.736. The predicted molar refractivity (Wildman–Crippen MR) is 95.4 cm³/mol. The van der Waals surface area contributed by atoms with Gasteiger partial charge in [0.2, 0.25) is 11.8 Å². The summed E-state index contributed by atoms with van der Waals surface area (Å²) in [6, 6.07) is 1.37. The average molecular weight is 365 g/mol. The predicted octanol–water partition coefficient (Wildman–Crippen LogP) is -0.0604. The fraction of sp³-hybridized carbons (Fsp3) is 0.625. The molecule has 3 heterocycles. The highest BCUT2D eigenvalue weighted by atomic mass is 32.2. The molecular formula is C16H23N5O3S. The van der Waals surface area contributed by atoms with Crippen LogP contribution in [-0.2, 0) is 20.9 Å². The van der Waals surface area contributed by atoms with Crippen LogP contribution >= 0.6 is 11.8 Å². The van der Waals surface area contributed by atoms with Crippen molar-refractivity contribution >= 4 is 29.4 Å². The Morgan fingerprint density at radius 2 is 2.20 bits per heavy atom. The molecule has 1 aromatic rings.